The molecule has 1 aliphatic rings. The number of thioether (sulfide) groups is 1. The average Bonchev–Trinajstić information content (AvgIpc) is 2.73. The Morgan fingerprint density at radius 3 is 2.81 bits per heavy atom. The summed E-state index contributed by atoms with van der Waals surface area (Å²) in [7, 11) is 0. The van der Waals surface area contributed by atoms with Gasteiger partial charge in [-0.1, -0.05) is 37.6 Å². The van der Waals surface area contributed by atoms with Gasteiger partial charge in [0.15, 0.2) is 0 Å². The van der Waals surface area contributed by atoms with Crippen molar-refractivity contribution < 1.29 is 4.79 Å². The van der Waals surface area contributed by atoms with Crippen molar-refractivity contribution in [2.24, 2.45) is 5.92 Å². The number of hydrogen-bond acceptors (Lipinski definition) is 3. The number of carbonyl (C=O) groups is 1. The van der Waals surface area contributed by atoms with Gasteiger partial charge in [0.25, 0.3) is 0 Å². The minimum atomic E-state index is -0.0872. The highest BCUT2D eigenvalue weighted by Gasteiger charge is 2.39. The van der Waals surface area contributed by atoms with Gasteiger partial charge in [0, 0.05) is 17.3 Å². The molecule has 1 aliphatic heterocycles. The topological polar surface area (TPSA) is 32.3 Å². The van der Waals surface area contributed by atoms with Crippen molar-refractivity contribution in [1.29, 1.82) is 0 Å². The molecule has 1 fully saturated rings. The van der Waals surface area contributed by atoms with E-state index in [9.17, 15) is 4.79 Å². The molecule has 1 amide bonds. The second-order valence-electron chi connectivity index (χ2n) is 5.83. The van der Waals surface area contributed by atoms with E-state index in [1.165, 1.54) is 0 Å². The first-order chi connectivity index (χ1) is 10.0. The number of rotatable bonds is 6. The highest BCUT2D eigenvalue weighted by molar-refractivity contribution is 7.98. The summed E-state index contributed by atoms with van der Waals surface area (Å²) in [5.74, 6) is 1.65. The van der Waals surface area contributed by atoms with Crippen LogP contribution >= 0.6 is 23.4 Å². The lowest BCUT2D eigenvalue weighted by Gasteiger charge is -2.24. The lowest BCUT2D eigenvalue weighted by Crippen LogP contribution is -2.33. The molecule has 116 valence electrons. The van der Waals surface area contributed by atoms with Crippen LogP contribution < -0.4 is 5.32 Å². The summed E-state index contributed by atoms with van der Waals surface area (Å²) in [4.78, 5) is 14.6. The molecule has 0 saturated carbocycles. The Morgan fingerprint density at radius 2 is 2.19 bits per heavy atom. The van der Waals surface area contributed by atoms with E-state index in [0.717, 1.165) is 24.3 Å². The summed E-state index contributed by atoms with van der Waals surface area (Å²) in [6.45, 7) is 5.06. The molecule has 1 aromatic carbocycles. The van der Waals surface area contributed by atoms with Crippen molar-refractivity contribution in [3.8, 4) is 0 Å². The van der Waals surface area contributed by atoms with Crippen LogP contribution in [0.1, 0.15) is 32.0 Å². The third kappa shape index (κ3) is 4.15. The van der Waals surface area contributed by atoms with Crippen LogP contribution in [0.2, 0.25) is 5.02 Å². The molecule has 0 aliphatic carbocycles. The number of halogens is 1. The van der Waals surface area contributed by atoms with E-state index in [1.807, 2.05) is 29.2 Å². The molecule has 3 nitrogen and oxygen atoms in total. The van der Waals surface area contributed by atoms with Crippen LogP contribution in [-0.4, -0.2) is 35.4 Å². The molecule has 2 unspecified atom stereocenters. The maximum absolute atomic E-state index is 12.6. The van der Waals surface area contributed by atoms with E-state index in [2.05, 4.69) is 25.4 Å². The Labute approximate surface area is 136 Å². The van der Waals surface area contributed by atoms with Crippen LogP contribution in [0.4, 0.5) is 0 Å². The number of carbonyl (C=O) groups excluding carboxylic acids is 1. The summed E-state index contributed by atoms with van der Waals surface area (Å²) >= 11 is 7.86. The molecule has 1 N–H and O–H groups in total. The van der Waals surface area contributed by atoms with Crippen LogP contribution in [0.3, 0.4) is 0 Å². The maximum Gasteiger partial charge on any atom is 0.241 e. The lowest BCUT2D eigenvalue weighted by molar-refractivity contribution is -0.130. The lowest BCUT2D eigenvalue weighted by atomic mass is 10.0. The van der Waals surface area contributed by atoms with Gasteiger partial charge in [0.2, 0.25) is 5.91 Å². The molecule has 21 heavy (non-hydrogen) atoms. The molecule has 0 bridgehead atoms. The number of hydrogen-bond donors (Lipinski definition) is 1. The Balaban J connectivity index is 2.21. The summed E-state index contributed by atoms with van der Waals surface area (Å²) in [5, 5.41) is 4.19. The number of amides is 1. The fraction of sp³-hybridized carbons (Fsp3) is 0.562. The van der Waals surface area contributed by atoms with Gasteiger partial charge in [-0.15, -0.1) is 0 Å². The first kappa shape index (κ1) is 16.7. The van der Waals surface area contributed by atoms with Crippen LogP contribution in [0.25, 0.3) is 0 Å². The fourth-order valence-corrected chi connectivity index (χ4v) is 3.28. The van der Waals surface area contributed by atoms with E-state index >= 15 is 0 Å². The SMILES string of the molecule is CSCCN1C(=O)C(CC(C)C)NC1c1cccc(Cl)c1. The summed E-state index contributed by atoms with van der Waals surface area (Å²) in [6, 6.07) is 7.68. The van der Waals surface area contributed by atoms with Crippen LogP contribution in [0, 0.1) is 5.92 Å². The molecular weight excluding hydrogens is 304 g/mol. The van der Waals surface area contributed by atoms with Gasteiger partial charge in [-0.25, -0.2) is 0 Å². The van der Waals surface area contributed by atoms with Gasteiger partial charge < -0.3 is 4.90 Å². The summed E-state index contributed by atoms with van der Waals surface area (Å²) < 4.78 is 0. The molecule has 0 radical (unpaired) electrons. The zero-order valence-electron chi connectivity index (χ0n) is 12.8. The van der Waals surface area contributed by atoms with Gasteiger partial charge in [-0.3, -0.25) is 10.1 Å². The van der Waals surface area contributed by atoms with E-state index in [1.54, 1.807) is 11.8 Å². The highest BCUT2D eigenvalue weighted by Crippen LogP contribution is 2.29. The Hall–Kier alpha value is -0.710. The fourth-order valence-electron chi connectivity index (χ4n) is 2.70. The van der Waals surface area contributed by atoms with E-state index in [0.29, 0.717) is 10.9 Å². The predicted octanol–water partition coefficient (Wildman–Crippen LogP) is 3.55. The summed E-state index contributed by atoms with van der Waals surface area (Å²) in [5.41, 5.74) is 1.06. The number of nitrogens with zero attached hydrogens (tertiary/aromatic N) is 1. The first-order valence-electron chi connectivity index (χ1n) is 7.34. The van der Waals surface area contributed by atoms with E-state index < -0.39 is 0 Å². The highest BCUT2D eigenvalue weighted by atomic mass is 35.5. The molecule has 5 heteroatoms. The molecule has 0 aromatic heterocycles. The van der Waals surface area contributed by atoms with Crippen molar-refractivity contribution >= 4 is 29.3 Å². The Morgan fingerprint density at radius 1 is 1.43 bits per heavy atom. The molecule has 1 saturated heterocycles. The standard InChI is InChI=1S/C16H23ClN2OS/c1-11(2)9-14-16(20)19(7-8-21-3)15(18-14)12-5-4-6-13(17)10-12/h4-6,10-11,14-15,18H,7-9H2,1-3H3. The molecule has 1 aromatic rings. The number of nitrogens with one attached hydrogen (secondary N) is 1. The largest absolute Gasteiger partial charge is 0.321 e. The van der Waals surface area contributed by atoms with Crippen molar-refractivity contribution in [3.63, 3.8) is 0 Å². The van der Waals surface area contributed by atoms with Gasteiger partial charge >= 0.3 is 0 Å². The van der Waals surface area contributed by atoms with Gasteiger partial charge in [-0.05, 0) is 36.3 Å². The molecular formula is C16H23ClN2OS. The minimum absolute atomic E-state index is 0.0629. The third-order valence-electron chi connectivity index (χ3n) is 3.66. The van der Waals surface area contributed by atoms with Crippen molar-refractivity contribution in [2.75, 3.05) is 18.6 Å². The van der Waals surface area contributed by atoms with Gasteiger partial charge in [0.05, 0.1) is 6.04 Å². The first-order valence-corrected chi connectivity index (χ1v) is 9.11. The van der Waals surface area contributed by atoms with Crippen LogP contribution in [0.15, 0.2) is 24.3 Å². The maximum atomic E-state index is 12.6. The molecule has 1 heterocycles. The average molecular weight is 327 g/mol. The quantitative estimate of drug-likeness (QED) is 0.867. The van der Waals surface area contributed by atoms with Gasteiger partial charge in [-0.2, -0.15) is 11.8 Å². The smallest absolute Gasteiger partial charge is 0.241 e. The summed E-state index contributed by atoms with van der Waals surface area (Å²) in [6.07, 6.45) is 2.87. The molecule has 0 spiro atoms. The molecule has 2 rings (SSSR count). The second kappa shape index (κ2) is 7.52. The molecule has 2 atom stereocenters. The third-order valence-corrected chi connectivity index (χ3v) is 4.49. The van der Waals surface area contributed by atoms with Crippen LogP contribution in [-0.2, 0) is 4.79 Å². The van der Waals surface area contributed by atoms with E-state index in [-0.39, 0.29) is 18.1 Å². The minimum Gasteiger partial charge on any atom is -0.321 e. The van der Waals surface area contributed by atoms with Crippen molar-refractivity contribution in [2.45, 2.75) is 32.5 Å². The van der Waals surface area contributed by atoms with E-state index in [4.69, 9.17) is 11.6 Å². The van der Waals surface area contributed by atoms with Crippen molar-refractivity contribution in [3.05, 3.63) is 34.9 Å². The van der Waals surface area contributed by atoms with Gasteiger partial charge in [0.1, 0.15) is 6.17 Å². The van der Waals surface area contributed by atoms with Crippen LogP contribution in [0.5, 0.6) is 0 Å². The van der Waals surface area contributed by atoms with Crippen molar-refractivity contribution in [1.82, 2.24) is 10.2 Å². The second-order valence-corrected chi connectivity index (χ2v) is 7.25. The monoisotopic (exact) mass is 326 g/mol. The zero-order chi connectivity index (χ0) is 15.4. The Bertz CT molecular complexity index is 495. The number of benzene rings is 1. The predicted molar refractivity (Wildman–Crippen MR) is 90.7 cm³/mol. The normalized spacial score (nSPS) is 22.3. The Kier molecular flexibility index (Phi) is 5.97. The zero-order valence-corrected chi connectivity index (χ0v) is 14.4.